The number of hydrogen-bond donors (Lipinski definition) is 0. The third kappa shape index (κ3) is 5.88. The van der Waals surface area contributed by atoms with Crippen LogP contribution in [0.15, 0.2) is 12.1 Å². The summed E-state index contributed by atoms with van der Waals surface area (Å²) in [5.41, 5.74) is 0.858. The quantitative estimate of drug-likeness (QED) is 0.202. The van der Waals surface area contributed by atoms with Gasteiger partial charge in [0.1, 0.15) is 0 Å². The predicted molar refractivity (Wildman–Crippen MR) is 190 cm³/mol. The topological polar surface area (TPSA) is 113 Å². The molecule has 8 saturated heterocycles. The van der Waals surface area contributed by atoms with E-state index < -0.39 is 35.4 Å². The molecule has 10 aliphatic rings. The first kappa shape index (κ1) is 36.9. The third-order valence-corrected chi connectivity index (χ3v) is 15.5. The number of carbonyl (C=O) groups is 1. The van der Waals surface area contributed by atoms with E-state index in [1.165, 1.54) is 0 Å². The van der Waals surface area contributed by atoms with Crippen molar-refractivity contribution >= 4 is 5.97 Å². The van der Waals surface area contributed by atoms with Crippen molar-refractivity contribution in [1.82, 2.24) is 4.98 Å². The van der Waals surface area contributed by atoms with Gasteiger partial charge in [0.05, 0.1) is 24.4 Å². The van der Waals surface area contributed by atoms with Crippen molar-refractivity contribution in [3.63, 3.8) is 0 Å². The van der Waals surface area contributed by atoms with Gasteiger partial charge in [0.15, 0.2) is 23.8 Å². The highest BCUT2D eigenvalue weighted by molar-refractivity contribution is 5.89. The van der Waals surface area contributed by atoms with Gasteiger partial charge in [-0.15, -0.1) is 0 Å². The summed E-state index contributed by atoms with van der Waals surface area (Å²) in [6.07, 6.45) is 7.99. The van der Waals surface area contributed by atoms with Gasteiger partial charge in [-0.25, -0.2) is 24.3 Å². The molecular weight excluding hydrogens is 678 g/mol. The van der Waals surface area contributed by atoms with Crippen molar-refractivity contribution in [2.75, 3.05) is 6.61 Å². The van der Waals surface area contributed by atoms with Crippen LogP contribution in [0.5, 0.6) is 0 Å². The van der Waals surface area contributed by atoms with Crippen molar-refractivity contribution in [3.8, 4) is 0 Å². The SMILES string of the molecule is Cc1cc(C(=O)OCC(C[C@H]2O[C@@H]3O[C@@]4(C)CC[C@H]5[C@H](C)CC[C@@H]([C@H]2C)[C@@]35OO4)C[C@H]2O[C@@H]3O[C@@]4(C)CC[C@H]5[C@H](C)CC[C@@H]([C@H]2C)[C@@]35OO4)cc(C)n1. The van der Waals surface area contributed by atoms with Crippen LogP contribution in [0.4, 0.5) is 0 Å². The number of fused-ring (bicyclic) bond motifs is 4. The van der Waals surface area contributed by atoms with Crippen LogP contribution in [-0.4, -0.2) is 65.1 Å². The first-order valence-corrected chi connectivity index (χ1v) is 20.8. The van der Waals surface area contributed by atoms with Crippen molar-refractivity contribution in [1.29, 1.82) is 0 Å². The zero-order chi connectivity index (χ0) is 37.1. The van der Waals surface area contributed by atoms with Gasteiger partial charge in [-0.05, 0) is 133 Å². The molecule has 2 aliphatic carbocycles. The minimum absolute atomic E-state index is 0.0472. The Hall–Kier alpha value is -1.70. The van der Waals surface area contributed by atoms with Gasteiger partial charge in [-0.3, -0.25) is 4.98 Å². The Morgan fingerprint density at radius 3 is 1.66 bits per heavy atom. The maximum atomic E-state index is 13.6. The van der Waals surface area contributed by atoms with E-state index in [1.807, 2.05) is 27.7 Å². The van der Waals surface area contributed by atoms with E-state index in [-0.39, 0.29) is 54.4 Å². The van der Waals surface area contributed by atoms with Crippen molar-refractivity contribution < 1.29 is 48.0 Å². The number of rotatable bonds is 7. The van der Waals surface area contributed by atoms with Gasteiger partial charge in [-0.2, -0.15) is 0 Å². The fourth-order valence-corrected chi connectivity index (χ4v) is 12.6. The number of aryl methyl sites for hydroxylation is 2. The molecule has 1 aromatic rings. The van der Waals surface area contributed by atoms with E-state index in [9.17, 15) is 4.79 Å². The minimum atomic E-state index is -0.838. The molecule has 0 N–H and O–H groups in total. The van der Waals surface area contributed by atoms with Gasteiger partial charge in [0.25, 0.3) is 0 Å². The van der Waals surface area contributed by atoms with E-state index in [2.05, 4.69) is 32.7 Å². The zero-order valence-electron chi connectivity index (χ0n) is 33.0. The first-order valence-electron chi connectivity index (χ1n) is 20.8. The molecule has 0 aromatic carbocycles. The molecule has 0 amide bonds. The predicted octanol–water partition coefficient (Wildman–Crippen LogP) is 7.75. The summed E-state index contributed by atoms with van der Waals surface area (Å²) in [4.78, 5) is 43.1. The van der Waals surface area contributed by atoms with Gasteiger partial charge in [0, 0.05) is 36.1 Å². The second kappa shape index (κ2) is 13.2. The Morgan fingerprint density at radius 2 is 1.19 bits per heavy atom. The lowest BCUT2D eigenvalue weighted by molar-refractivity contribution is -0.571. The normalized spacial score (nSPS) is 49.8. The Labute approximate surface area is 314 Å². The Bertz CT molecular complexity index is 1480. The second-order valence-corrected chi connectivity index (χ2v) is 19.0. The molecule has 10 fully saturated rings. The molecule has 9 heterocycles. The van der Waals surface area contributed by atoms with Gasteiger partial charge in [-0.1, -0.05) is 27.7 Å². The van der Waals surface area contributed by atoms with Crippen LogP contribution in [0.2, 0.25) is 0 Å². The highest BCUT2D eigenvalue weighted by Crippen LogP contribution is 2.63. The van der Waals surface area contributed by atoms with Crippen LogP contribution in [0, 0.1) is 67.1 Å². The molecule has 2 saturated carbocycles. The maximum absolute atomic E-state index is 13.6. The van der Waals surface area contributed by atoms with Crippen molar-refractivity contribution in [3.05, 3.63) is 29.1 Å². The van der Waals surface area contributed by atoms with Crippen molar-refractivity contribution in [2.45, 2.75) is 167 Å². The number of aromatic nitrogens is 1. The van der Waals surface area contributed by atoms with E-state index in [0.29, 0.717) is 42.1 Å². The Morgan fingerprint density at radius 1 is 0.717 bits per heavy atom. The number of esters is 1. The molecule has 1 aromatic heterocycles. The van der Waals surface area contributed by atoms with E-state index >= 15 is 0 Å². The zero-order valence-corrected chi connectivity index (χ0v) is 33.0. The summed E-state index contributed by atoms with van der Waals surface area (Å²) >= 11 is 0. The Kier molecular flexibility index (Phi) is 9.18. The van der Waals surface area contributed by atoms with Crippen LogP contribution in [-0.2, 0) is 43.2 Å². The summed E-state index contributed by atoms with van der Waals surface area (Å²) in [5.74, 6) is 0.341. The molecule has 11 heteroatoms. The smallest absolute Gasteiger partial charge is 0.338 e. The lowest BCUT2D eigenvalue weighted by atomic mass is 9.56. The molecule has 11 nitrogen and oxygen atoms in total. The average molecular weight is 740 g/mol. The molecule has 294 valence electrons. The summed E-state index contributed by atoms with van der Waals surface area (Å²) in [7, 11) is 0. The molecule has 16 atom stereocenters. The number of carbonyl (C=O) groups excluding carboxylic acids is 1. The largest absolute Gasteiger partial charge is 0.462 e. The molecule has 0 radical (unpaired) electrons. The Balaban J connectivity index is 1.00. The van der Waals surface area contributed by atoms with Crippen molar-refractivity contribution in [2.24, 2.45) is 53.3 Å². The van der Waals surface area contributed by atoms with Gasteiger partial charge in [0.2, 0.25) is 11.6 Å². The summed E-state index contributed by atoms with van der Waals surface area (Å²) in [5, 5.41) is 0. The second-order valence-electron chi connectivity index (χ2n) is 19.0. The molecular formula is C42H61NO10. The fraction of sp³-hybridized carbons (Fsp3) is 0.857. The minimum Gasteiger partial charge on any atom is -0.462 e. The first-order chi connectivity index (χ1) is 25.2. The van der Waals surface area contributed by atoms with Crippen LogP contribution in [0.25, 0.3) is 0 Å². The summed E-state index contributed by atoms with van der Waals surface area (Å²) < 4.78 is 33.8. The maximum Gasteiger partial charge on any atom is 0.338 e. The molecule has 8 aliphatic heterocycles. The monoisotopic (exact) mass is 739 g/mol. The van der Waals surface area contributed by atoms with Crippen LogP contribution in [0.3, 0.4) is 0 Å². The highest BCUT2D eigenvalue weighted by Gasteiger charge is 2.71. The van der Waals surface area contributed by atoms with E-state index in [0.717, 1.165) is 62.8 Å². The lowest BCUT2D eigenvalue weighted by Crippen LogP contribution is -2.70. The standard InChI is InChI=1S/C42H61NO10/c1-22-9-11-32-26(5)34(46-37-41(32)30(22)13-15-39(7,48-37)50-52-41)19-28(21-45-36(44)29-17-24(3)43-25(4)18-29)20-35-27(6)33-12-10-23(2)31-14-16-40(8)49-38(47-35)42(31,33)53-51-40/h17-18,22-23,26-28,30-35,37-38H,9-16,19-21H2,1-8H3/t22-,23-,26-,27-,30+,31+,32+,33+,34-,35-,37-,38-,39-,40-,41-,42-/m1/s1. The van der Waals surface area contributed by atoms with Gasteiger partial charge < -0.3 is 23.7 Å². The van der Waals surface area contributed by atoms with Crippen LogP contribution < -0.4 is 0 Å². The molecule has 11 rings (SSSR count). The van der Waals surface area contributed by atoms with E-state index in [1.54, 1.807) is 12.1 Å². The molecule has 2 spiro atoms. The number of hydrogen-bond acceptors (Lipinski definition) is 11. The summed E-state index contributed by atoms with van der Waals surface area (Å²) in [6, 6.07) is 3.59. The average Bonchev–Trinajstić information content (AvgIpc) is 3.49. The van der Waals surface area contributed by atoms with Gasteiger partial charge >= 0.3 is 5.97 Å². The molecule has 0 unspecified atom stereocenters. The number of ether oxygens (including phenoxy) is 5. The van der Waals surface area contributed by atoms with Crippen LogP contribution in [0.1, 0.15) is 127 Å². The lowest BCUT2D eigenvalue weighted by Gasteiger charge is -2.61. The molecule has 4 bridgehead atoms. The van der Waals surface area contributed by atoms with Crippen LogP contribution >= 0.6 is 0 Å². The fourth-order valence-electron chi connectivity index (χ4n) is 12.6. The highest BCUT2D eigenvalue weighted by atomic mass is 17.3. The third-order valence-electron chi connectivity index (χ3n) is 15.5. The number of pyridine rings is 1. The summed E-state index contributed by atoms with van der Waals surface area (Å²) in [6.45, 7) is 17.3. The number of nitrogens with zero attached hydrogens (tertiary/aromatic N) is 1. The van der Waals surface area contributed by atoms with E-state index in [4.69, 9.17) is 43.2 Å². The molecule has 53 heavy (non-hydrogen) atoms.